The first-order valence-electron chi connectivity index (χ1n) is 7.48. The molecule has 2 N–H and O–H groups in total. The number of carbonyl (C=O) groups is 2. The molecule has 0 saturated carbocycles. The summed E-state index contributed by atoms with van der Waals surface area (Å²) < 4.78 is 1.38. The number of hydrogen-bond donors (Lipinski definition) is 2. The third-order valence-electron chi connectivity index (χ3n) is 3.33. The van der Waals surface area contributed by atoms with E-state index in [1.807, 2.05) is 6.07 Å². The Hall–Kier alpha value is -2.70. The van der Waals surface area contributed by atoms with Crippen molar-refractivity contribution in [2.45, 2.75) is 20.4 Å². The van der Waals surface area contributed by atoms with E-state index in [0.29, 0.717) is 24.1 Å². The van der Waals surface area contributed by atoms with Gasteiger partial charge in [-0.15, -0.1) is 0 Å². The van der Waals surface area contributed by atoms with Crippen LogP contribution < -0.4 is 16.2 Å². The standard InChI is InChI=1S/C16H20N4O3/c1-11(2)16(23)18-8-7-17-14(21)10-20-13-6-4-3-5-12(13)19-9-15(20)22/h3-6,9,11H,7-8,10H2,1-2H3,(H,17,21)(H,18,23). The number of nitrogens with one attached hydrogen (secondary N) is 2. The van der Waals surface area contributed by atoms with E-state index in [-0.39, 0.29) is 29.8 Å². The van der Waals surface area contributed by atoms with Crippen molar-refractivity contribution in [2.24, 2.45) is 5.92 Å². The Morgan fingerprint density at radius 1 is 1.17 bits per heavy atom. The van der Waals surface area contributed by atoms with Gasteiger partial charge in [0.25, 0.3) is 5.56 Å². The van der Waals surface area contributed by atoms with Crippen molar-refractivity contribution in [1.29, 1.82) is 0 Å². The number of aromatic nitrogens is 2. The lowest BCUT2D eigenvalue weighted by atomic mass is 10.2. The predicted octanol–water partition coefficient (Wildman–Crippen LogP) is 0.285. The highest BCUT2D eigenvalue weighted by molar-refractivity contribution is 5.80. The number of carbonyl (C=O) groups excluding carboxylic acids is 2. The summed E-state index contributed by atoms with van der Waals surface area (Å²) in [7, 11) is 0. The van der Waals surface area contributed by atoms with Gasteiger partial charge in [-0.2, -0.15) is 0 Å². The predicted molar refractivity (Wildman–Crippen MR) is 86.9 cm³/mol. The minimum atomic E-state index is -0.327. The molecule has 0 spiro atoms. The van der Waals surface area contributed by atoms with E-state index in [9.17, 15) is 14.4 Å². The van der Waals surface area contributed by atoms with Crippen molar-refractivity contribution in [3.05, 3.63) is 40.8 Å². The second-order valence-electron chi connectivity index (χ2n) is 5.47. The summed E-state index contributed by atoms with van der Waals surface area (Å²) in [4.78, 5) is 39.4. The van der Waals surface area contributed by atoms with Gasteiger partial charge in [0, 0.05) is 19.0 Å². The highest BCUT2D eigenvalue weighted by Crippen LogP contribution is 2.07. The molecule has 0 aliphatic rings. The first kappa shape index (κ1) is 16.7. The molecule has 1 aromatic heterocycles. The number of para-hydroxylation sites is 2. The summed E-state index contributed by atoms with van der Waals surface area (Å²) >= 11 is 0. The molecule has 1 heterocycles. The molecule has 0 aliphatic heterocycles. The van der Waals surface area contributed by atoms with Gasteiger partial charge in [0.15, 0.2) is 0 Å². The van der Waals surface area contributed by atoms with Crippen LogP contribution >= 0.6 is 0 Å². The van der Waals surface area contributed by atoms with Crippen LogP contribution in [-0.4, -0.2) is 34.5 Å². The zero-order chi connectivity index (χ0) is 16.8. The number of hydrogen-bond acceptors (Lipinski definition) is 4. The first-order chi connectivity index (χ1) is 11.0. The van der Waals surface area contributed by atoms with Crippen LogP contribution in [0, 0.1) is 5.92 Å². The average molecular weight is 316 g/mol. The van der Waals surface area contributed by atoms with Gasteiger partial charge in [0.05, 0.1) is 17.2 Å². The van der Waals surface area contributed by atoms with Crippen LogP contribution in [0.1, 0.15) is 13.8 Å². The van der Waals surface area contributed by atoms with Gasteiger partial charge >= 0.3 is 0 Å². The maximum absolute atomic E-state index is 12.0. The van der Waals surface area contributed by atoms with Crippen molar-refractivity contribution in [1.82, 2.24) is 20.2 Å². The van der Waals surface area contributed by atoms with E-state index in [0.717, 1.165) is 0 Å². The monoisotopic (exact) mass is 316 g/mol. The van der Waals surface area contributed by atoms with Crippen LogP contribution in [0.3, 0.4) is 0 Å². The average Bonchev–Trinajstić information content (AvgIpc) is 2.54. The Morgan fingerprint density at radius 3 is 2.61 bits per heavy atom. The van der Waals surface area contributed by atoms with Gasteiger partial charge in [-0.3, -0.25) is 19.0 Å². The van der Waals surface area contributed by atoms with Gasteiger partial charge in [-0.25, -0.2) is 4.98 Å². The highest BCUT2D eigenvalue weighted by Gasteiger charge is 2.09. The number of fused-ring (bicyclic) bond motifs is 1. The van der Waals surface area contributed by atoms with Gasteiger partial charge in [-0.1, -0.05) is 26.0 Å². The molecule has 0 bridgehead atoms. The van der Waals surface area contributed by atoms with E-state index in [2.05, 4.69) is 15.6 Å². The molecule has 2 amide bonds. The van der Waals surface area contributed by atoms with Gasteiger partial charge in [0.1, 0.15) is 6.54 Å². The fourth-order valence-electron chi connectivity index (χ4n) is 2.07. The van der Waals surface area contributed by atoms with Crippen LogP contribution in [0.15, 0.2) is 35.3 Å². The maximum Gasteiger partial charge on any atom is 0.269 e. The molecule has 2 rings (SSSR count). The molecule has 0 aliphatic carbocycles. The molecule has 1 aromatic carbocycles. The second-order valence-corrected chi connectivity index (χ2v) is 5.47. The van der Waals surface area contributed by atoms with Gasteiger partial charge in [0.2, 0.25) is 11.8 Å². The van der Waals surface area contributed by atoms with E-state index < -0.39 is 0 Å². The molecule has 7 heteroatoms. The Kier molecular flexibility index (Phi) is 5.46. The van der Waals surface area contributed by atoms with Crippen LogP contribution in [0.25, 0.3) is 11.0 Å². The van der Waals surface area contributed by atoms with Crippen LogP contribution in [0.5, 0.6) is 0 Å². The molecule has 0 saturated heterocycles. The molecule has 0 radical (unpaired) electrons. The minimum absolute atomic E-state index is 0.0596. The molecule has 0 unspecified atom stereocenters. The second kappa shape index (κ2) is 7.53. The Balaban J connectivity index is 1.95. The minimum Gasteiger partial charge on any atom is -0.354 e. The molecular weight excluding hydrogens is 296 g/mol. The van der Waals surface area contributed by atoms with E-state index >= 15 is 0 Å². The Bertz CT molecular complexity index is 767. The number of benzene rings is 1. The maximum atomic E-state index is 12.0. The molecular formula is C16H20N4O3. The van der Waals surface area contributed by atoms with Crippen molar-refractivity contribution in [3.8, 4) is 0 Å². The van der Waals surface area contributed by atoms with Crippen LogP contribution in [0.4, 0.5) is 0 Å². The third kappa shape index (κ3) is 4.38. The number of nitrogens with zero attached hydrogens (tertiary/aromatic N) is 2. The zero-order valence-corrected chi connectivity index (χ0v) is 13.2. The SMILES string of the molecule is CC(C)C(=O)NCCNC(=O)Cn1c(=O)cnc2ccccc21. The van der Waals surface area contributed by atoms with Crippen LogP contribution in [-0.2, 0) is 16.1 Å². The van der Waals surface area contributed by atoms with Crippen molar-refractivity contribution in [3.63, 3.8) is 0 Å². The van der Waals surface area contributed by atoms with Crippen molar-refractivity contribution in [2.75, 3.05) is 13.1 Å². The number of amides is 2. The fourth-order valence-corrected chi connectivity index (χ4v) is 2.07. The molecule has 0 atom stereocenters. The summed E-state index contributed by atoms with van der Waals surface area (Å²) in [5.41, 5.74) is 0.944. The lowest BCUT2D eigenvalue weighted by molar-refractivity contribution is -0.124. The van der Waals surface area contributed by atoms with E-state index in [1.165, 1.54) is 10.8 Å². The molecule has 7 nitrogen and oxygen atoms in total. The largest absolute Gasteiger partial charge is 0.354 e. The fraction of sp³-hybridized carbons (Fsp3) is 0.375. The van der Waals surface area contributed by atoms with Crippen LogP contribution in [0.2, 0.25) is 0 Å². The molecule has 0 fully saturated rings. The third-order valence-corrected chi connectivity index (χ3v) is 3.33. The highest BCUT2D eigenvalue weighted by atomic mass is 16.2. The lowest BCUT2D eigenvalue weighted by Gasteiger charge is -2.11. The smallest absolute Gasteiger partial charge is 0.269 e. The quantitative estimate of drug-likeness (QED) is 0.749. The first-order valence-corrected chi connectivity index (χ1v) is 7.48. The molecule has 23 heavy (non-hydrogen) atoms. The summed E-state index contributed by atoms with van der Waals surface area (Å²) in [6, 6.07) is 7.14. The summed E-state index contributed by atoms with van der Waals surface area (Å²) in [5, 5.41) is 5.39. The summed E-state index contributed by atoms with van der Waals surface area (Å²) in [6.45, 7) is 4.19. The Morgan fingerprint density at radius 2 is 1.87 bits per heavy atom. The van der Waals surface area contributed by atoms with Gasteiger partial charge < -0.3 is 10.6 Å². The summed E-state index contributed by atoms with van der Waals surface area (Å²) in [6.07, 6.45) is 1.21. The normalized spacial score (nSPS) is 10.7. The topological polar surface area (TPSA) is 93.1 Å². The van der Waals surface area contributed by atoms with E-state index in [1.54, 1.807) is 32.0 Å². The Labute approximate surface area is 133 Å². The van der Waals surface area contributed by atoms with Gasteiger partial charge in [-0.05, 0) is 12.1 Å². The lowest BCUT2D eigenvalue weighted by Crippen LogP contribution is -2.38. The molecule has 2 aromatic rings. The van der Waals surface area contributed by atoms with Crippen molar-refractivity contribution >= 4 is 22.8 Å². The number of rotatable bonds is 6. The van der Waals surface area contributed by atoms with Crippen molar-refractivity contribution < 1.29 is 9.59 Å². The molecule has 122 valence electrons. The van der Waals surface area contributed by atoms with E-state index in [4.69, 9.17) is 0 Å². The summed E-state index contributed by atoms with van der Waals surface area (Å²) in [5.74, 6) is -0.440. The zero-order valence-electron chi connectivity index (χ0n) is 13.2.